The van der Waals surface area contributed by atoms with Gasteiger partial charge in [-0.15, -0.1) is 0 Å². The number of aryl methyl sites for hydroxylation is 2. The number of hydrogen-bond acceptors (Lipinski definition) is 15. The Bertz CT molecular complexity index is 2120. The normalized spacial score (nSPS) is 15.7. The molecule has 1 aliphatic carbocycles. The fourth-order valence-electron chi connectivity index (χ4n) is 5.23. The van der Waals surface area contributed by atoms with Gasteiger partial charge in [0.1, 0.15) is 19.8 Å². The molecular formula is C45H61N9O12. The Balaban J connectivity index is 1.76. The number of carbonyl (C=O) groups is 6. The van der Waals surface area contributed by atoms with E-state index in [-0.39, 0.29) is 23.7 Å². The first-order valence-electron chi connectivity index (χ1n) is 21.3. The van der Waals surface area contributed by atoms with E-state index in [0.29, 0.717) is 64.6 Å². The van der Waals surface area contributed by atoms with E-state index < -0.39 is 67.8 Å². The first-order chi connectivity index (χ1) is 31.4. The highest BCUT2D eigenvalue weighted by molar-refractivity contribution is 5.92. The number of anilines is 4. The van der Waals surface area contributed by atoms with Crippen molar-refractivity contribution in [2.24, 2.45) is 26.8 Å². The van der Waals surface area contributed by atoms with Crippen LogP contribution in [0.2, 0.25) is 0 Å². The third-order valence-corrected chi connectivity index (χ3v) is 10.1. The monoisotopic (exact) mass is 919 g/mol. The predicted molar refractivity (Wildman–Crippen MR) is 250 cm³/mol. The third-order valence-electron chi connectivity index (χ3n) is 10.1. The van der Waals surface area contributed by atoms with Gasteiger partial charge in [-0.05, 0) is 114 Å². The summed E-state index contributed by atoms with van der Waals surface area (Å²) in [6, 6.07) is 8.95. The summed E-state index contributed by atoms with van der Waals surface area (Å²) in [6.45, 7) is 16.6. The third kappa shape index (κ3) is 18.3. The lowest BCUT2D eigenvalue weighted by Gasteiger charge is -2.31. The molecule has 0 saturated heterocycles. The number of hydrogen-bond donors (Lipinski definition) is 6. The average Bonchev–Trinajstić information content (AvgIpc) is 3.29. The lowest BCUT2D eigenvalue weighted by atomic mass is 9.88. The maximum absolute atomic E-state index is 13.2. The molecule has 1 aliphatic rings. The van der Waals surface area contributed by atoms with E-state index in [9.17, 15) is 28.8 Å². The van der Waals surface area contributed by atoms with Gasteiger partial charge < -0.3 is 19.5 Å². The van der Waals surface area contributed by atoms with Crippen LogP contribution in [0.4, 0.5) is 51.5 Å². The van der Waals surface area contributed by atoms with Gasteiger partial charge in [-0.1, -0.05) is 68.3 Å². The first-order valence-corrected chi connectivity index (χ1v) is 21.3. The Morgan fingerprint density at radius 3 is 1.39 bits per heavy atom. The van der Waals surface area contributed by atoms with Gasteiger partial charge in [0.25, 0.3) is 0 Å². The minimum absolute atomic E-state index is 0.155. The fourth-order valence-corrected chi connectivity index (χ4v) is 5.23. The van der Waals surface area contributed by atoms with Gasteiger partial charge in [-0.3, -0.25) is 41.1 Å². The topological polar surface area (TPSA) is 267 Å². The van der Waals surface area contributed by atoms with Crippen molar-refractivity contribution in [3.8, 4) is 0 Å². The second-order valence-electron chi connectivity index (χ2n) is 15.5. The number of allylic oxidation sites excluding steroid dienone is 1. The summed E-state index contributed by atoms with van der Waals surface area (Å²) in [4.78, 5) is 91.4. The molecule has 358 valence electrons. The lowest BCUT2D eigenvalue weighted by molar-refractivity contribution is -0.0124. The standard InChI is InChI=1S/C45H61N9O12/c1-11-30(8)52-64-42(58)49-36-21-33(18-15-27(36)5)46-39(55)61-24-45(14-4,25-62-40(56)47-34-19-16-28(6)37(22-34)50-43(59)65-53-31(9)12-2)26-63-41(57)48-35-20-17-29(7)38(23-35)51-44(60)66-54-32(10)13-3/h15-23,27,36H,11-14,24-26H2,1-10H3,(H,46,55)(H,47,56)(H,48,57)(H,49,58)(H,50,59)(H,51,60)/b52-30+,53-31-,54-32+. The molecule has 6 amide bonds. The highest BCUT2D eigenvalue weighted by atomic mass is 16.7. The molecule has 0 aliphatic heterocycles. The number of nitrogens with one attached hydrogen (secondary N) is 6. The maximum Gasteiger partial charge on any atom is 0.437 e. The van der Waals surface area contributed by atoms with Crippen LogP contribution in [0.15, 0.2) is 75.8 Å². The molecule has 0 heterocycles. The molecule has 66 heavy (non-hydrogen) atoms. The van der Waals surface area contributed by atoms with Crippen molar-refractivity contribution in [1.82, 2.24) is 10.6 Å². The van der Waals surface area contributed by atoms with Crippen LogP contribution in [-0.2, 0) is 28.7 Å². The molecule has 2 aromatic carbocycles. The highest BCUT2D eigenvalue weighted by Crippen LogP contribution is 2.27. The molecule has 3 rings (SSSR count). The summed E-state index contributed by atoms with van der Waals surface area (Å²) in [7, 11) is 0. The zero-order chi connectivity index (χ0) is 48.8. The van der Waals surface area contributed by atoms with Crippen LogP contribution in [-0.4, -0.2) is 79.6 Å². The van der Waals surface area contributed by atoms with Crippen molar-refractivity contribution < 1.29 is 57.5 Å². The number of nitrogens with zero attached hydrogens (tertiary/aromatic N) is 3. The van der Waals surface area contributed by atoms with Crippen molar-refractivity contribution in [1.29, 1.82) is 0 Å². The first kappa shape index (κ1) is 52.9. The number of benzene rings is 2. The van der Waals surface area contributed by atoms with Gasteiger partial charge in [0.05, 0.1) is 28.6 Å². The van der Waals surface area contributed by atoms with E-state index in [0.717, 1.165) is 0 Å². The smallest absolute Gasteiger partial charge is 0.437 e. The predicted octanol–water partition coefficient (Wildman–Crippen LogP) is 9.86. The average molecular weight is 920 g/mol. The van der Waals surface area contributed by atoms with Crippen LogP contribution in [0.3, 0.4) is 0 Å². The molecule has 0 fully saturated rings. The Labute approximate surface area is 384 Å². The van der Waals surface area contributed by atoms with E-state index in [2.05, 4.69) is 47.4 Å². The SMILES string of the molecule is CC/C(C)=N\OC(=O)Nc1cc(NC(=O)OCC(CC)(COC(=O)NC2=CC(NC(=O)O/N=C(\C)CC)C(C)C=C2)COC(=O)Nc2ccc(C)c(NC(=O)O/N=C(\C)CC)c2)ccc1C. The number of amides is 6. The van der Waals surface area contributed by atoms with Crippen LogP contribution in [0.1, 0.15) is 92.2 Å². The highest BCUT2D eigenvalue weighted by Gasteiger charge is 2.35. The lowest BCUT2D eigenvalue weighted by Crippen LogP contribution is -2.42. The van der Waals surface area contributed by atoms with Gasteiger partial charge in [-0.25, -0.2) is 28.8 Å². The molecule has 0 saturated carbocycles. The Hall–Kier alpha value is -7.45. The van der Waals surface area contributed by atoms with Gasteiger partial charge in [0, 0.05) is 28.4 Å². The molecule has 0 bridgehead atoms. The Morgan fingerprint density at radius 1 is 0.576 bits per heavy atom. The molecule has 3 atom stereocenters. The Kier molecular flexibility index (Phi) is 21.1. The van der Waals surface area contributed by atoms with Crippen LogP contribution >= 0.6 is 0 Å². The molecular weight excluding hydrogens is 859 g/mol. The van der Waals surface area contributed by atoms with Crippen molar-refractivity contribution in [2.45, 2.75) is 101 Å². The summed E-state index contributed by atoms with van der Waals surface area (Å²) in [5.74, 6) is -0.155. The van der Waals surface area contributed by atoms with Gasteiger partial charge in [0.15, 0.2) is 0 Å². The zero-order valence-electron chi connectivity index (χ0n) is 39.0. The fraction of sp³-hybridized carbons (Fsp3) is 0.444. The minimum Gasteiger partial charge on any atom is -0.448 e. The summed E-state index contributed by atoms with van der Waals surface area (Å²) >= 11 is 0. The maximum atomic E-state index is 13.2. The van der Waals surface area contributed by atoms with E-state index in [1.54, 1.807) is 84.0 Å². The van der Waals surface area contributed by atoms with E-state index in [1.807, 2.05) is 27.7 Å². The summed E-state index contributed by atoms with van der Waals surface area (Å²) < 4.78 is 16.9. The van der Waals surface area contributed by atoms with Crippen molar-refractivity contribution in [2.75, 3.05) is 41.1 Å². The van der Waals surface area contributed by atoms with Crippen molar-refractivity contribution in [3.05, 3.63) is 71.5 Å². The molecule has 6 N–H and O–H groups in total. The Morgan fingerprint density at radius 2 is 0.985 bits per heavy atom. The van der Waals surface area contributed by atoms with Crippen molar-refractivity contribution >= 4 is 76.4 Å². The zero-order valence-corrected chi connectivity index (χ0v) is 39.0. The van der Waals surface area contributed by atoms with Gasteiger partial charge in [-0.2, -0.15) is 0 Å². The van der Waals surface area contributed by atoms with Crippen LogP contribution in [0, 0.1) is 25.2 Å². The minimum atomic E-state index is -1.29. The second-order valence-corrected chi connectivity index (χ2v) is 15.5. The van der Waals surface area contributed by atoms with E-state index in [4.69, 9.17) is 28.7 Å². The van der Waals surface area contributed by atoms with Crippen LogP contribution < -0.4 is 31.9 Å². The summed E-state index contributed by atoms with van der Waals surface area (Å²) in [6.07, 6.45) is 1.89. The number of carbonyl (C=O) groups excluding carboxylic acids is 6. The molecule has 0 radical (unpaired) electrons. The van der Waals surface area contributed by atoms with Crippen molar-refractivity contribution in [3.63, 3.8) is 0 Å². The van der Waals surface area contributed by atoms with E-state index in [1.165, 1.54) is 12.1 Å². The van der Waals surface area contributed by atoms with Gasteiger partial charge >= 0.3 is 36.6 Å². The molecule has 21 heteroatoms. The molecule has 0 spiro atoms. The number of oxime groups is 3. The molecule has 0 aromatic heterocycles. The molecule has 21 nitrogen and oxygen atoms in total. The van der Waals surface area contributed by atoms with E-state index >= 15 is 0 Å². The van der Waals surface area contributed by atoms with Gasteiger partial charge in [0.2, 0.25) is 0 Å². The number of rotatable bonds is 19. The van der Waals surface area contributed by atoms with Crippen LogP contribution in [0.5, 0.6) is 0 Å². The summed E-state index contributed by atoms with van der Waals surface area (Å²) in [5, 5.41) is 27.0. The quantitative estimate of drug-likeness (QED) is 0.0333. The number of ether oxygens (including phenoxy) is 3. The number of alkyl carbamates (subject to hydrolysis) is 1. The molecule has 3 unspecified atom stereocenters. The second kappa shape index (κ2) is 26.4. The summed E-state index contributed by atoms with van der Waals surface area (Å²) in [5.41, 5.74) is 3.44. The molecule has 2 aromatic rings. The largest absolute Gasteiger partial charge is 0.448 e. The van der Waals surface area contributed by atoms with Crippen LogP contribution in [0.25, 0.3) is 0 Å².